The number of carbonyl (C=O) groups excluding carboxylic acids is 1. The molecule has 0 bridgehead atoms. The summed E-state index contributed by atoms with van der Waals surface area (Å²) in [5.74, 6) is 0.627. The van der Waals surface area contributed by atoms with E-state index in [9.17, 15) is 13.2 Å². The number of allylic oxidation sites excluding steroid dienone is 1. The molecule has 150 valence electrons. The van der Waals surface area contributed by atoms with Crippen LogP contribution in [-0.4, -0.2) is 45.8 Å². The predicted molar refractivity (Wildman–Crippen MR) is 111 cm³/mol. The molecule has 1 aliphatic heterocycles. The lowest BCUT2D eigenvalue weighted by Gasteiger charge is -2.15. The topological polar surface area (TPSA) is 93.9 Å². The van der Waals surface area contributed by atoms with E-state index < -0.39 is 15.1 Å². The van der Waals surface area contributed by atoms with Crippen LogP contribution in [0.5, 0.6) is 0 Å². The van der Waals surface area contributed by atoms with Gasteiger partial charge in [0.15, 0.2) is 15.0 Å². The molecule has 1 amide bonds. The van der Waals surface area contributed by atoms with Gasteiger partial charge in [-0.1, -0.05) is 36.0 Å². The van der Waals surface area contributed by atoms with Gasteiger partial charge in [-0.3, -0.25) is 4.79 Å². The minimum atomic E-state index is -3.02. The summed E-state index contributed by atoms with van der Waals surface area (Å²) in [5, 5.41) is 11.6. The molecule has 1 saturated heterocycles. The zero-order valence-electron chi connectivity index (χ0n) is 16.0. The molecule has 1 aromatic carbocycles. The van der Waals surface area contributed by atoms with Gasteiger partial charge in [0, 0.05) is 18.2 Å². The summed E-state index contributed by atoms with van der Waals surface area (Å²) < 4.78 is 25.5. The minimum Gasteiger partial charge on any atom is -0.325 e. The third kappa shape index (κ3) is 4.64. The molecule has 2 aromatic rings. The van der Waals surface area contributed by atoms with Crippen molar-refractivity contribution in [3.63, 3.8) is 0 Å². The highest BCUT2D eigenvalue weighted by molar-refractivity contribution is 8.00. The highest BCUT2D eigenvalue weighted by Gasteiger charge is 2.33. The van der Waals surface area contributed by atoms with E-state index in [2.05, 4.69) is 22.1 Å². The Morgan fingerprint density at radius 2 is 2.18 bits per heavy atom. The Morgan fingerprint density at radius 1 is 1.43 bits per heavy atom. The fourth-order valence-electron chi connectivity index (χ4n) is 3.15. The number of para-hydroxylation sites is 1. The lowest BCUT2D eigenvalue weighted by atomic mass is 10.1. The lowest BCUT2D eigenvalue weighted by molar-refractivity contribution is -0.115. The zero-order chi connectivity index (χ0) is 20.3. The van der Waals surface area contributed by atoms with Crippen LogP contribution in [0.4, 0.5) is 5.69 Å². The van der Waals surface area contributed by atoms with E-state index in [-0.39, 0.29) is 23.3 Å². The van der Waals surface area contributed by atoms with Gasteiger partial charge in [-0.15, -0.1) is 16.8 Å². The summed E-state index contributed by atoms with van der Waals surface area (Å²) in [5.41, 5.74) is 1.77. The number of aromatic nitrogens is 3. The third-order valence-corrected chi connectivity index (χ3v) is 7.56. The van der Waals surface area contributed by atoms with Crippen molar-refractivity contribution in [2.75, 3.05) is 16.8 Å². The lowest BCUT2D eigenvalue weighted by Crippen LogP contribution is -2.23. The molecule has 3 rings (SSSR count). The van der Waals surface area contributed by atoms with Gasteiger partial charge in [0.25, 0.3) is 0 Å². The van der Waals surface area contributed by atoms with Crippen LogP contribution >= 0.6 is 11.8 Å². The number of rotatable bonds is 7. The van der Waals surface area contributed by atoms with Crippen LogP contribution < -0.4 is 5.32 Å². The molecule has 0 aliphatic carbocycles. The first-order chi connectivity index (χ1) is 13.3. The van der Waals surface area contributed by atoms with Crippen molar-refractivity contribution in [2.24, 2.45) is 0 Å². The first-order valence-electron chi connectivity index (χ1n) is 9.08. The van der Waals surface area contributed by atoms with E-state index >= 15 is 0 Å². The largest absolute Gasteiger partial charge is 0.325 e. The second kappa shape index (κ2) is 8.48. The number of amides is 1. The van der Waals surface area contributed by atoms with E-state index in [1.165, 1.54) is 11.8 Å². The van der Waals surface area contributed by atoms with Crippen molar-refractivity contribution in [3.05, 3.63) is 48.3 Å². The number of benzene rings is 1. The predicted octanol–water partition coefficient (Wildman–Crippen LogP) is 2.79. The van der Waals surface area contributed by atoms with Crippen LogP contribution in [0, 0.1) is 6.92 Å². The Morgan fingerprint density at radius 3 is 2.82 bits per heavy atom. The van der Waals surface area contributed by atoms with Crippen molar-refractivity contribution >= 4 is 33.2 Å². The average molecular weight is 421 g/mol. The minimum absolute atomic E-state index is 0.0935. The quantitative estimate of drug-likeness (QED) is 0.547. The number of thioether (sulfide) groups is 1. The molecule has 1 N–H and O–H groups in total. The second-order valence-electron chi connectivity index (χ2n) is 6.90. The number of hydrogen-bond donors (Lipinski definition) is 1. The van der Waals surface area contributed by atoms with E-state index in [1.54, 1.807) is 6.08 Å². The summed E-state index contributed by atoms with van der Waals surface area (Å²) in [7, 11) is -3.02. The SMILES string of the molecule is C=CCn1c(S[C@H](C)C(=O)Nc2ccccc2C)nnc1[C@@H]1CCS(=O)(=O)C1. The number of sulfone groups is 1. The maximum absolute atomic E-state index is 12.6. The summed E-state index contributed by atoms with van der Waals surface area (Å²) in [6, 6.07) is 7.61. The summed E-state index contributed by atoms with van der Waals surface area (Å²) in [6.45, 7) is 7.99. The van der Waals surface area contributed by atoms with Gasteiger partial charge in [-0.05, 0) is 31.9 Å². The van der Waals surface area contributed by atoms with E-state index in [4.69, 9.17) is 0 Å². The van der Waals surface area contributed by atoms with Crippen LogP contribution in [0.2, 0.25) is 0 Å². The Hall–Kier alpha value is -2.13. The van der Waals surface area contributed by atoms with Gasteiger partial charge in [0.2, 0.25) is 5.91 Å². The van der Waals surface area contributed by atoms with Crippen molar-refractivity contribution in [2.45, 2.75) is 43.1 Å². The fraction of sp³-hybridized carbons (Fsp3) is 0.421. The maximum atomic E-state index is 12.6. The molecule has 1 fully saturated rings. The fourth-order valence-corrected chi connectivity index (χ4v) is 5.75. The second-order valence-corrected chi connectivity index (χ2v) is 10.4. The first-order valence-corrected chi connectivity index (χ1v) is 11.8. The van der Waals surface area contributed by atoms with Crippen LogP contribution in [0.15, 0.2) is 42.1 Å². The van der Waals surface area contributed by atoms with Gasteiger partial charge < -0.3 is 9.88 Å². The summed E-state index contributed by atoms with van der Waals surface area (Å²) >= 11 is 1.30. The van der Waals surface area contributed by atoms with E-state index in [0.717, 1.165) is 11.3 Å². The van der Waals surface area contributed by atoms with Crippen LogP contribution in [-0.2, 0) is 21.2 Å². The highest BCUT2D eigenvalue weighted by atomic mass is 32.2. The number of anilines is 1. The molecule has 2 heterocycles. The Bertz CT molecular complexity index is 985. The number of nitrogens with one attached hydrogen (secondary N) is 1. The Balaban J connectivity index is 1.75. The molecule has 0 saturated carbocycles. The molecular weight excluding hydrogens is 396 g/mol. The number of carbonyl (C=O) groups is 1. The molecule has 1 aliphatic rings. The molecule has 0 radical (unpaired) electrons. The normalized spacial score (nSPS) is 19.3. The van der Waals surface area contributed by atoms with Gasteiger partial charge in [0.05, 0.1) is 16.8 Å². The third-order valence-electron chi connectivity index (χ3n) is 4.71. The standard InChI is InChI=1S/C19H24N4O3S2/c1-4-10-23-17(15-9-11-28(25,26)12-15)21-22-19(23)27-14(3)18(24)20-16-8-6-5-7-13(16)2/h4-8,14-15H,1,9-12H2,2-3H3,(H,20,24)/t14-,15-/m1/s1. The van der Waals surface area contributed by atoms with Crippen LogP contribution in [0.3, 0.4) is 0 Å². The Labute approximate surface area is 169 Å². The molecule has 7 nitrogen and oxygen atoms in total. The van der Waals surface area contributed by atoms with Gasteiger partial charge >= 0.3 is 0 Å². The monoisotopic (exact) mass is 420 g/mol. The summed E-state index contributed by atoms with van der Waals surface area (Å²) in [4.78, 5) is 12.6. The summed E-state index contributed by atoms with van der Waals surface area (Å²) in [6.07, 6.45) is 2.27. The van der Waals surface area contributed by atoms with Crippen molar-refractivity contribution < 1.29 is 13.2 Å². The highest BCUT2D eigenvalue weighted by Crippen LogP contribution is 2.31. The molecular formula is C19H24N4O3S2. The van der Waals surface area contributed by atoms with E-state index in [0.29, 0.717) is 23.9 Å². The van der Waals surface area contributed by atoms with Crippen LogP contribution in [0.1, 0.15) is 30.7 Å². The van der Waals surface area contributed by atoms with E-state index in [1.807, 2.05) is 42.7 Å². The number of nitrogens with zero attached hydrogens (tertiary/aromatic N) is 3. The van der Waals surface area contributed by atoms with Gasteiger partial charge in [-0.25, -0.2) is 8.42 Å². The molecule has 1 aromatic heterocycles. The van der Waals surface area contributed by atoms with Crippen molar-refractivity contribution in [3.8, 4) is 0 Å². The first kappa shape index (κ1) is 20.6. The molecule has 0 unspecified atom stereocenters. The van der Waals surface area contributed by atoms with Crippen molar-refractivity contribution in [1.29, 1.82) is 0 Å². The molecule has 0 spiro atoms. The molecule has 28 heavy (non-hydrogen) atoms. The smallest absolute Gasteiger partial charge is 0.237 e. The molecule has 9 heteroatoms. The van der Waals surface area contributed by atoms with Crippen molar-refractivity contribution in [1.82, 2.24) is 14.8 Å². The average Bonchev–Trinajstić information content (AvgIpc) is 3.20. The van der Waals surface area contributed by atoms with Gasteiger partial charge in [-0.2, -0.15) is 0 Å². The molecule has 2 atom stereocenters. The Kier molecular flexibility index (Phi) is 6.24. The number of hydrogen-bond acceptors (Lipinski definition) is 6. The van der Waals surface area contributed by atoms with Crippen LogP contribution in [0.25, 0.3) is 0 Å². The van der Waals surface area contributed by atoms with Gasteiger partial charge in [0.1, 0.15) is 5.82 Å². The number of aryl methyl sites for hydroxylation is 1. The maximum Gasteiger partial charge on any atom is 0.237 e. The zero-order valence-corrected chi connectivity index (χ0v) is 17.6.